The lowest BCUT2D eigenvalue weighted by molar-refractivity contribution is -0.153. The maximum atomic E-state index is 12.9. The molecule has 9 heteroatoms. The third-order valence-electron chi connectivity index (χ3n) is 6.86. The van der Waals surface area contributed by atoms with Gasteiger partial charge in [0.1, 0.15) is 24.6 Å². The Labute approximate surface area is 208 Å². The van der Waals surface area contributed by atoms with Gasteiger partial charge in [-0.15, -0.1) is 0 Å². The van der Waals surface area contributed by atoms with Gasteiger partial charge in [0.25, 0.3) is 0 Å². The average molecular weight is 497 g/mol. The zero-order valence-electron chi connectivity index (χ0n) is 20.6. The van der Waals surface area contributed by atoms with E-state index in [0.717, 1.165) is 5.57 Å². The lowest BCUT2D eigenvalue weighted by Gasteiger charge is -2.29. The molecule has 0 unspecified atom stereocenters. The summed E-state index contributed by atoms with van der Waals surface area (Å²) in [6.45, 7) is 6.05. The van der Waals surface area contributed by atoms with Crippen molar-refractivity contribution in [1.82, 2.24) is 0 Å². The summed E-state index contributed by atoms with van der Waals surface area (Å²) < 4.78 is 21.8. The molecule has 1 saturated heterocycles. The number of carbonyl (C=O) groups excluding carboxylic acids is 5. The summed E-state index contributed by atoms with van der Waals surface area (Å²) >= 11 is 0. The van der Waals surface area contributed by atoms with Crippen LogP contribution >= 0.6 is 0 Å². The predicted octanol–water partition coefficient (Wildman–Crippen LogP) is 2.65. The molecule has 0 N–H and O–H groups in total. The van der Waals surface area contributed by atoms with E-state index in [2.05, 4.69) is 0 Å². The van der Waals surface area contributed by atoms with Gasteiger partial charge >= 0.3 is 23.9 Å². The molecular formula is C27H28O9. The molecule has 1 aliphatic heterocycles. The number of allylic oxidation sites excluding steroid dienone is 1. The first kappa shape index (κ1) is 25.3. The molecule has 5 atom stereocenters. The normalized spacial score (nSPS) is 26.9. The highest BCUT2D eigenvalue weighted by Crippen LogP contribution is 2.48. The standard InChI is InChI=1S/C27H28O9/c1-13-9-21(35-22(31)10-17-5-7-19(8-6-17)34-16(4)29)24-14(2)27(32)36-26(24)25-18(12-33-15(3)28)11-20(30)23(13)25/h5-8,11,14,21,24-26H,9-10,12H2,1-4H3/t14-,21-,24+,25-,26-/m0/s1. The first-order chi connectivity index (χ1) is 17.0. The Bertz CT molecular complexity index is 1170. The van der Waals surface area contributed by atoms with Crippen LogP contribution in [0.15, 0.2) is 47.1 Å². The van der Waals surface area contributed by atoms with Crippen molar-refractivity contribution in [2.45, 2.75) is 52.7 Å². The van der Waals surface area contributed by atoms with Gasteiger partial charge in [0.15, 0.2) is 5.78 Å². The highest BCUT2D eigenvalue weighted by molar-refractivity contribution is 6.09. The number of hydrogen-bond donors (Lipinski definition) is 0. The minimum absolute atomic E-state index is 0.0208. The van der Waals surface area contributed by atoms with Gasteiger partial charge in [-0.2, -0.15) is 0 Å². The van der Waals surface area contributed by atoms with Gasteiger partial charge in [0, 0.05) is 31.8 Å². The number of rotatable bonds is 6. The second-order valence-electron chi connectivity index (χ2n) is 9.45. The lowest BCUT2D eigenvalue weighted by Crippen LogP contribution is -2.38. The number of esters is 4. The summed E-state index contributed by atoms with van der Waals surface area (Å²) in [7, 11) is 0. The van der Waals surface area contributed by atoms with Crippen LogP contribution in [0.5, 0.6) is 5.75 Å². The molecule has 0 saturated carbocycles. The monoisotopic (exact) mass is 496 g/mol. The van der Waals surface area contributed by atoms with Crippen LogP contribution in [0.3, 0.4) is 0 Å². The quantitative estimate of drug-likeness (QED) is 0.332. The fourth-order valence-corrected chi connectivity index (χ4v) is 5.31. The Hall–Kier alpha value is -3.75. The van der Waals surface area contributed by atoms with Crippen LogP contribution in [0.25, 0.3) is 0 Å². The Morgan fingerprint density at radius 3 is 2.39 bits per heavy atom. The van der Waals surface area contributed by atoms with Crippen molar-refractivity contribution in [2.75, 3.05) is 6.61 Å². The molecule has 0 bridgehead atoms. The topological polar surface area (TPSA) is 122 Å². The SMILES string of the molecule is CC(=O)OCC1=CC(=O)C2=C(C)C[C@H](OC(=O)Cc3ccc(OC(C)=O)cc3)[C@@H]3[C@H](OC(=O)[C@H]3C)[C@@H]12. The summed E-state index contributed by atoms with van der Waals surface area (Å²) in [4.78, 5) is 60.9. The largest absolute Gasteiger partial charge is 0.461 e. The van der Waals surface area contributed by atoms with E-state index in [0.29, 0.717) is 22.5 Å². The van der Waals surface area contributed by atoms with Crippen molar-refractivity contribution >= 4 is 29.7 Å². The van der Waals surface area contributed by atoms with Crippen LogP contribution < -0.4 is 4.74 Å². The summed E-state index contributed by atoms with van der Waals surface area (Å²) in [5.74, 6) is -3.24. The zero-order valence-corrected chi connectivity index (χ0v) is 20.6. The highest BCUT2D eigenvalue weighted by Gasteiger charge is 2.56. The van der Waals surface area contributed by atoms with Crippen LogP contribution in [0.1, 0.15) is 39.7 Å². The molecule has 0 aromatic heterocycles. The molecule has 190 valence electrons. The van der Waals surface area contributed by atoms with Crippen LogP contribution in [0, 0.1) is 17.8 Å². The van der Waals surface area contributed by atoms with E-state index in [-0.39, 0.29) is 25.2 Å². The van der Waals surface area contributed by atoms with Gasteiger partial charge in [-0.05, 0) is 36.3 Å². The van der Waals surface area contributed by atoms with E-state index in [1.165, 1.54) is 19.9 Å². The van der Waals surface area contributed by atoms with E-state index >= 15 is 0 Å². The molecule has 2 aliphatic carbocycles. The number of fused-ring (bicyclic) bond motifs is 3. The van der Waals surface area contributed by atoms with Gasteiger partial charge < -0.3 is 18.9 Å². The van der Waals surface area contributed by atoms with Crippen LogP contribution in [-0.2, 0) is 44.6 Å². The predicted molar refractivity (Wildman–Crippen MR) is 124 cm³/mol. The van der Waals surface area contributed by atoms with Crippen LogP contribution in [0.2, 0.25) is 0 Å². The molecule has 0 radical (unpaired) electrons. The van der Waals surface area contributed by atoms with Crippen molar-refractivity contribution in [1.29, 1.82) is 0 Å². The number of benzene rings is 1. The number of carbonyl (C=O) groups is 5. The molecule has 0 amide bonds. The Balaban J connectivity index is 1.55. The van der Waals surface area contributed by atoms with Crippen molar-refractivity contribution in [2.24, 2.45) is 17.8 Å². The summed E-state index contributed by atoms with van der Waals surface area (Å²) in [5, 5.41) is 0. The van der Waals surface area contributed by atoms with E-state index in [1.54, 1.807) is 31.2 Å². The molecule has 9 nitrogen and oxygen atoms in total. The summed E-state index contributed by atoms with van der Waals surface area (Å²) in [6.07, 6.45) is 0.323. The Morgan fingerprint density at radius 2 is 1.75 bits per heavy atom. The second kappa shape index (κ2) is 10.1. The van der Waals surface area contributed by atoms with Gasteiger partial charge in [-0.1, -0.05) is 24.6 Å². The molecule has 36 heavy (non-hydrogen) atoms. The van der Waals surface area contributed by atoms with Gasteiger partial charge in [-0.25, -0.2) is 0 Å². The summed E-state index contributed by atoms with van der Waals surface area (Å²) in [5.41, 5.74) is 2.50. The maximum Gasteiger partial charge on any atom is 0.310 e. The minimum atomic E-state index is -0.714. The van der Waals surface area contributed by atoms with Crippen molar-refractivity contribution in [3.05, 3.63) is 52.6 Å². The van der Waals surface area contributed by atoms with Crippen molar-refractivity contribution in [3.63, 3.8) is 0 Å². The van der Waals surface area contributed by atoms with Gasteiger partial charge in [0.2, 0.25) is 0 Å². The number of ketones is 1. The van der Waals surface area contributed by atoms with E-state index in [9.17, 15) is 24.0 Å². The molecule has 4 rings (SSSR count). The summed E-state index contributed by atoms with van der Waals surface area (Å²) in [6, 6.07) is 6.52. The highest BCUT2D eigenvalue weighted by atomic mass is 16.6. The molecule has 1 aromatic rings. The van der Waals surface area contributed by atoms with Crippen LogP contribution in [-0.4, -0.2) is 48.5 Å². The van der Waals surface area contributed by atoms with E-state index in [1.807, 2.05) is 6.92 Å². The Morgan fingerprint density at radius 1 is 1.06 bits per heavy atom. The Kier molecular flexibility index (Phi) is 7.10. The number of ether oxygens (including phenoxy) is 4. The molecule has 1 heterocycles. The molecule has 1 aromatic carbocycles. The third kappa shape index (κ3) is 5.10. The lowest BCUT2D eigenvalue weighted by atomic mass is 9.79. The van der Waals surface area contributed by atoms with Crippen molar-refractivity contribution < 1.29 is 42.9 Å². The van der Waals surface area contributed by atoms with E-state index < -0.39 is 53.8 Å². The van der Waals surface area contributed by atoms with Gasteiger partial charge in [0.05, 0.1) is 18.3 Å². The molecular weight excluding hydrogens is 468 g/mol. The average Bonchev–Trinajstić information content (AvgIpc) is 3.24. The molecule has 1 fully saturated rings. The van der Waals surface area contributed by atoms with Crippen LogP contribution in [0.4, 0.5) is 0 Å². The van der Waals surface area contributed by atoms with Crippen molar-refractivity contribution in [3.8, 4) is 5.75 Å². The fourth-order valence-electron chi connectivity index (χ4n) is 5.31. The molecule has 0 spiro atoms. The number of hydrogen-bond acceptors (Lipinski definition) is 9. The fraction of sp³-hybridized carbons (Fsp3) is 0.444. The molecule has 3 aliphatic rings. The van der Waals surface area contributed by atoms with E-state index in [4.69, 9.17) is 18.9 Å². The minimum Gasteiger partial charge on any atom is -0.461 e. The zero-order chi connectivity index (χ0) is 26.1. The third-order valence-corrected chi connectivity index (χ3v) is 6.86. The van der Waals surface area contributed by atoms with Gasteiger partial charge in [-0.3, -0.25) is 24.0 Å². The first-order valence-electron chi connectivity index (χ1n) is 11.8. The smallest absolute Gasteiger partial charge is 0.310 e. The first-order valence-corrected chi connectivity index (χ1v) is 11.8. The second-order valence-corrected chi connectivity index (χ2v) is 9.45. The maximum absolute atomic E-state index is 12.9.